The van der Waals surface area contributed by atoms with E-state index < -0.39 is 6.36 Å². The Morgan fingerprint density at radius 1 is 1.10 bits per heavy atom. The highest BCUT2D eigenvalue weighted by molar-refractivity contribution is 5.98. The molecule has 0 fully saturated rings. The lowest BCUT2D eigenvalue weighted by Gasteiger charge is -2.18. The van der Waals surface area contributed by atoms with Gasteiger partial charge in [0.2, 0.25) is 0 Å². The van der Waals surface area contributed by atoms with E-state index in [4.69, 9.17) is 4.74 Å². The molecular weight excluding hydrogens is 401 g/mol. The third-order valence-corrected chi connectivity index (χ3v) is 4.34. The van der Waals surface area contributed by atoms with Gasteiger partial charge in [-0.1, -0.05) is 0 Å². The summed E-state index contributed by atoms with van der Waals surface area (Å²) < 4.78 is 46.5. The molecule has 0 saturated heterocycles. The Balaban J connectivity index is 1.59. The van der Waals surface area contributed by atoms with Gasteiger partial charge in [-0.15, -0.1) is 13.2 Å². The van der Waals surface area contributed by atoms with Gasteiger partial charge in [0, 0.05) is 18.0 Å². The molecule has 0 unspecified atom stereocenters. The van der Waals surface area contributed by atoms with Gasteiger partial charge in [0.05, 0.1) is 30.5 Å². The second kappa shape index (κ2) is 7.97. The fourth-order valence-electron chi connectivity index (χ4n) is 2.98. The second-order valence-corrected chi connectivity index (χ2v) is 6.38. The topological polar surface area (TPSA) is 77.4 Å². The third kappa shape index (κ3) is 4.48. The van der Waals surface area contributed by atoms with Crippen LogP contribution in [0.25, 0.3) is 11.3 Å². The molecular formula is C20H15F3N4O3. The first kappa shape index (κ1) is 19.6. The van der Waals surface area contributed by atoms with Crippen LogP contribution in [0.5, 0.6) is 11.5 Å². The van der Waals surface area contributed by atoms with E-state index in [1.807, 2.05) is 0 Å². The van der Waals surface area contributed by atoms with Crippen LogP contribution in [0.4, 0.5) is 13.2 Å². The summed E-state index contributed by atoms with van der Waals surface area (Å²) >= 11 is 0. The maximum atomic E-state index is 13.1. The van der Waals surface area contributed by atoms with E-state index in [1.54, 1.807) is 29.4 Å². The highest BCUT2D eigenvalue weighted by atomic mass is 19.4. The molecule has 1 aromatic carbocycles. The molecule has 0 radical (unpaired) electrons. The number of rotatable bonds is 4. The van der Waals surface area contributed by atoms with E-state index in [1.165, 1.54) is 30.5 Å². The molecule has 4 rings (SSSR count). The lowest BCUT2D eigenvalue weighted by Crippen LogP contribution is -2.32. The number of nitrogens with zero attached hydrogens (tertiary/aromatic N) is 4. The summed E-state index contributed by atoms with van der Waals surface area (Å²) in [5, 5.41) is 0. The average molecular weight is 416 g/mol. The van der Waals surface area contributed by atoms with Crippen molar-refractivity contribution < 1.29 is 27.4 Å². The molecule has 30 heavy (non-hydrogen) atoms. The molecule has 3 heterocycles. The van der Waals surface area contributed by atoms with Crippen molar-refractivity contribution >= 4 is 5.91 Å². The predicted octanol–water partition coefficient (Wildman–Crippen LogP) is 3.47. The van der Waals surface area contributed by atoms with Gasteiger partial charge < -0.3 is 14.4 Å². The van der Waals surface area contributed by atoms with Crippen LogP contribution in [0.15, 0.2) is 55.0 Å². The Hall–Kier alpha value is -3.69. The minimum Gasteiger partial charge on any atom is -0.489 e. The van der Waals surface area contributed by atoms with Crippen molar-refractivity contribution in [3.8, 4) is 22.8 Å². The van der Waals surface area contributed by atoms with Gasteiger partial charge in [-0.3, -0.25) is 9.78 Å². The monoisotopic (exact) mass is 416 g/mol. The number of benzene rings is 1. The van der Waals surface area contributed by atoms with Crippen molar-refractivity contribution in [2.24, 2.45) is 0 Å². The number of carbonyl (C=O) groups is 1. The highest BCUT2D eigenvalue weighted by Gasteiger charge is 2.31. The van der Waals surface area contributed by atoms with Gasteiger partial charge >= 0.3 is 6.36 Å². The lowest BCUT2D eigenvalue weighted by molar-refractivity contribution is -0.274. The molecule has 7 nitrogen and oxygen atoms in total. The minimum atomic E-state index is -4.76. The number of amides is 1. The molecule has 0 spiro atoms. The van der Waals surface area contributed by atoms with Crippen molar-refractivity contribution in [2.45, 2.75) is 12.9 Å². The highest BCUT2D eigenvalue weighted by Crippen LogP contribution is 2.29. The van der Waals surface area contributed by atoms with E-state index in [0.29, 0.717) is 34.9 Å². The van der Waals surface area contributed by atoms with Gasteiger partial charge in [0.25, 0.3) is 5.91 Å². The number of alkyl halides is 3. The van der Waals surface area contributed by atoms with Crippen LogP contribution in [0.3, 0.4) is 0 Å². The van der Waals surface area contributed by atoms with Crippen molar-refractivity contribution in [3.05, 3.63) is 66.4 Å². The Morgan fingerprint density at radius 2 is 1.83 bits per heavy atom. The fraction of sp³-hybridized carbons (Fsp3) is 0.200. The molecule has 0 saturated carbocycles. The van der Waals surface area contributed by atoms with Gasteiger partial charge in [0.1, 0.15) is 23.9 Å². The molecule has 3 aromatic rings. The number of halogens is 3. The van der Waals surface area contributed by atoms with Gasteiger partial charge in [-0.25, -0.2) is 9.97 Å². The largest absolute Gasteiger partial charge is 0.573 e. The summed E-state index contributed by atoms with van der Waals surface area (Å²) in [4.78, 5) is 27.2. The first-order valence-electron chi connectivity index (χ1n) is 8.93. The number of aromatic nitrogens is 3. The number of ether oxygens (including phenoxy) is 2. The number of fused-ring (bicyclic) bond motifs is 1. The molecule has 0 atom stereocenters. The lowest BCUT2D eigenvalue weighted by atomic mass is 10.1. The van der Waals surface area contributed by atoms with Crippen molar-refractivity contribution in [2.75, 3.05) is 13.2 Å². The molecule has 0 bridgehead atoms. The van der Waals surface area contributed by atoms with Gasteiger partial charge in [0.15, 0.2) is 0 Å². The van der Waals surface area contributed by atoms with Crippen LogP contribution in [0, 0.1) is 0 Å². The molecule has 0 N–H and O–H groups in total. The summed E-state index contributed by atoms with van der Waals surface area (Å²) in [7, 11) is 0. The van der Waals surface area contributed by atoms with Crippen LogP contribution in [0.1, 0.15) is 16.2 Å². The zero-order chi connectivity index (χ0) is 21.1. The smallest absolute Gasteiger partial charge is 0.489 e. The molecule has 154 valence electrons. The third-order valence-electron chi connectivity index (χ3n) is 4.34. The summed E-state index contributed by atoms with van der Waals surface area (Å²) in [5.74, 6) is 0.242. The van der Waals surface area contributed by atoms with Crippen molar-refractivity contribution in [1.82, 2.24) is 19.9 Å². The van der Waals surface area contributed by atoms with E-state index in [9.17, 15) is 18.0 Å². The quantitative estimate of drug-likeness (QED) is 0.648. The number of hydrogen-bond acceptors (Lipinski definition) is 6. The van der Waals surface area contributed by atoms with E-state index in [-0.39, 0.29) is 24.8 Å². The number of pyridine rings is 1. The van der Waals surface area contributed by atoms with Crippen LogP contribution in [0.2, 0.25) is 0 Å². The molecule has 1 aliphatic rings. The maximum Gasteiger partial charge on any atom is 0.573 e. The average Bonchev–Trinajstić information content (AvgIpc) is 2.87. The van der Waals surface area contributed by atoms with E-state index >= 15 is 0 Å². The summed E-state index contributed by atoms with van der Waals surface area (Å²) in [6, 6.07) is 8.50. The van der Waals surface area contributed by atoms with Crippen LogP contribution in [-0.4, -0.2) is 45.3 Å². The van der Waals surface area contributed by atoms with Crippen LogP contribution in [-0.2, 0) is 6.54 Å². The summed E-state index contributed by atoms with van der Waals surface area (Å²) in [6.07, 6.45) is -0.128. The van der Waals surface area contributed by atoms with Crippen molar-refractivity contribution in [1.29, 1.82) is 0 Å². The zero-order valence-corrected chi connectivity index (χ0v) is 15.5. The maximum absolute atomic E-state index is 13.1. The molecule has 2 aromatic heterocycles. The van der Waals surface area contributed by atoms with Crippen LogP contribution >= 0.6 is 0 Å². The molecule has 10 heteroatoms. The van der Waals surface area contributed by atoms with Crippen molar-refractivity contribution in [3.63, 3.8) is 0 Å². The standard InChI is InChI=1S/C20H15F3N4O3/c21-20(22,23)30-14-4-2-13(3-5-14)16-10-15-17(11-26-16)29-9-8-27(19(15)28)12-18-24-6-1-7-25-18/h1-7,10-11H,8-9,12H2. The van der Waals surface area contributed by atoms with E-state index in [0.717, 1.165) is 0 Å². The molecule has 0 aliphatic carbocycles. The van der Waals surface area contributed by atoms with Gasteiger partial charge in [-0.05, 0) is 36.4 Å². The first-order valence-corrected chi connectivity index (χ1v) is 8.93. The fourth-order valence-corrected chi connectivity index (χ4v) is 2.98. The normalized spacial score (nSPS) is 14.0. The molecule has 1 aliphatic heterocycles. The minimum absolute atomic E-state index is 0.226. The summed E-state index contributed by atoms with van der Waals surface area (Å²) in [6.45, 7) is 0.865. The Labute approximate surface area is 169 Å². The Bertz CT molecular complexity index is 1040. The number of carbonyl (C=O) groups excluding carboxylic acids is 1. The second-order valence-electron chi connectivity index (χ2n) is 6.38. The zero-order valence-electron chi connectivity index (χ0n) is 15.5. The first-order chi connectivity index (χ1) is 14.4. The molecule has 1 amide bonds. The Kier molecular flexibility index (Phi) is 5.21. The Morgan fingerprint density at radius 3 is 2.53 bits per heavy atom. The van der Waals surface area contributed by atoms with E-state index in [2.05, 4.69) is 19.7 Å². The van der Waals surface area contributed by atoms with Gasteiger partial charge in [-0.2, -0.15) is 0 Å². The predicted molar refractivity (Wildman–Crippen MR) is 98.6 cm³/mol. The summed E-state index contributed by atoms with van der Waals surface area (Å²) in [5.41, 5.74) is 1.26. The number of hydrogen-bond donors (Lipinski definition) is 0. The SMILES string of the molecule is O=C1c2cc(-c3ccc(OC(F)(F)F)cc3)ncc2OCCN1Cc1ncccn1. The van der Waals surface area contributed by atoms with Crippen LogP contribution < -0.4 is 9.47 Å².